The second-order valence-electron chi connectivity index (χ2n) is 8.64. The van der Waals surface area contributed by atoms with Crippen molar-refractivity contribution in [1.29, 1.82) is 0 Å². The van der Waals surface area contributed by atoms with Gasteiger partial charge in [-0.05, 0) is 93.7 Å². The van der Waals surface area contributed by atoms with Crippen LogP contribution in [0.25, 0.3) is 0 Å². The Morgan fingerprint density at radius 2 is 1.70 bits per heavy atom. The van der Waals surface area contributed by atoms with Crippen LogP contribution in [0.1, 0.15) is 86.8 Å². The molecule has 0 saturated heterocycles. The van der Waals surface area contributed by atoms with Gasteiger partial charge in [-0.3, -0.25) is 9.59 Å². The number of halogens is 1. The molecule has 0 spiro atoms. The minimum absolute atomic E-state index is 0.119. The molecule has 1 aliphatic carbocycles. The molecule has 0 atom stereocenters. The van der Waals surface area contributed by atoms with E-state index in [2.05, 4.69) is 6.92 Å². The minimum Gasteiger partial charge on any atom is -0.466 e. The molecule has 1 heterocycles. The Labute approximate surface area is 181 Å². The van der Waals surface area contributed by atoms with Crippen LogP contribution in [-0.4, -0.2) is 35.1 Å². The van der Waals surface area contributed by atoms with Crippen LogP contribution in [0.2, 0.25) is 0 Å². The van der Waals surface area contributed by atoms with Gasteiger partial charge in [0.2, 0.25) is 5.91 Å². The Balaban J connectivity index is 0.00000155. The highest BCUT2D eigenvalue weighted by atomic mass is 19.1. The molecule has 0 unspecified atom stereocenters. The van der Waals surface area contributed by atoms with E-state index < -0.39 is 5.67 Å². The molecule has 0 aromatic heterocycles. The first kappa shape index (κ1) is 24.4. The zero-order chi connectivity index (χ0) is 22.6. The Bertz CT molecular complexity index is 790. The molecule has 0 radical (unpaired) electrons. The van der Waals surface area contributed by atoms with Gasteiger partial charge in [-0.15, -0.1) is 0 Å². The standard InChI is InChI=1S/C23H32FNO3.C2H6/c1-6-28-22(27)12-18-14(2)15(3)20-13-25(21(26)11-19(20)16(18)4)17-7-9-23(5,24)10-8-17;1-2/h17H,6-13H2,1-5H3;1-2H3. The summed E-state index contributed by atoms with van der Waals surface area (Å²) >= 11 is 0. The number of esters is 1. The highest BCUT2D eigenvalue weighted by molar-refractivity contribution is 5.83. The number of benzene rings is 1. The van der Waals surface area contributed by atoms with Gasteiger partial charge in [-0.1, -0.05) is 13.8 Å². The summed E-state index contributed by atoms with van der Waals surface area (Å²) in [6.45, 7) is 14.6. The van der Waals surface area contributed by atoms with Crippen molar-refractivity contribution in [1.82, 2.24) is 4.90 Å². The Kier molecular flexibility index (Phi) is 8.06. The molecule has 30 heavy (non-hydrogen) atoms. The molecule has 1 aromatic rings. The predicted molar refractivity (Wildman–Crippen MR) is 118 cm³/mol. The molecule has 1 amide bonds. The van der Waals surface area contributed by atoms with Crippen molar-refractivity contribution >= 4 is 11.9 Å². The summed E-state index contributed by atoms with van der Waals surface area (Å²) in [7, 11) is 0. The number of hydrogen-bond donors (Lipinski definition) is 0. The normalized spacial score (nSPS) is 23.4. The topological polar surface area (TPSA) is 46.6 Å². The van der Waals surface area contributed by atoms with E-state index in [0.29, 0.717) is 32.4 Å². The zero-order valence-electron chi connectivity index (χ0n) is 19.8. The van der Waals surface area contributed by atoms with Crippen LogP contribution in [0.3, 0.4) is 0 Å². The van der Waals surface area contributed by atoms with Crippen LogP contribution in [0.4, 0.5) is 4.39 Å². The predicted octanol–water partition coefficient (Wildman–Crippen LogP) is 5.30. The lowest BCUT2D eigenvalue weighted by Gasteiger charge is -2.41. The van der Waals surface area contributed by atoms with Crippen molar-refractivity contribution in [3.8, 4) is 0 Å². The number of hydrogen-bond acceptors (Lipinski definition) is 3. The molecule has 168 valence electrons. The van der Waals surface area contributed by atoms with E-state index in [1.807, 2.05) is 32.6 Å². The molecule has 3 rings (SSSR count). The van der Waals surface area contributed by atoms with Gasteiger partial charge in [0.15, 0.2) is 0 Å². The monoisotopic (exact) mass is 419 g/mol. The number of ether oxygens (including phenoxy) is 1. The number of amides is 1. The number of carbonyl (C=O) groups is 2. The summed E-state index contributed by atoms with van der Waals surface area (Å²) in [6.07, 6.45) is 3.10. The van der Waals surface area contributed by atoms with E-state index in [-0.39, 0.29) is 24.3 Å². The van der Waals surface area contributed by atoms with Crippen molar-refractivity contribution in [2.45, 2.75) is 105 Å². The first-order chi connectivity index (χ1) is 14.1. The van der Waals surface area contributed by atoms with Crippen molar-refractivity contribution < 1.29 is 18.7 Å². The van der Waals surface area contributed by atoms with Gasteiger partial charge in [-0.2, -0.15) is 0 Å². The Morgan fingerprint density at radius 1 is 1.10 bits per heavy atom. The van der Waals surface area contributed by atoms with Gasteiger partial charge < -0.3 is 9.64 Å². The maximum Gasteiger partial charge on any atom is 0.310 e. The van der Waals surface area contributed by atoms with Crippen LogP contribution in [0.15, 0.2) is 0 Å². The molecule has 1 aromatic carbocycles. The summed E-state index contributed by atoms with van der Waals surface area (Å²) in [5, 5.41) is 0. The lowest BCUT2D eigenvalue weighted by Crippen LogP contribution is -2.47. The van der Waals surface area contributed by atoms with Gasteiger partial charge in [0.05, 0.1) is 19.4 Å². The fourth-order valence-corrected chi connectivity index (χ4v) is 4.80. The number of carbonyl (C=O) groups excluding carboxylic acids is 2. The van der Waals surface area contributed by atoms with E-state index in [4.69, 9.17) is 4.74 Å². The van der Waals surface area contributed by atoms with Crippen LogP contribution in [-0.2, 0) is 33.7 Å². The maximum absolute atomic E-state index is 14.2. The van der Waals surface area contributed by atoms with Crippen molar-refractivity contribution in [3.63, 3.8) is 0 Å². The van der Waals surface area contributed by atoms with Crippen LogP contribution in [0.5, 0.6) is 0 Å². The van der Waals surface area contributed by atoms with Gasteiger partial charge in [0.1, 0.15) is 5.67 Å². The third kappa shape index (κ3) is 5.04. The summed E-state index contributed by atoms with van der Waals surface area (Å²) in [5.41, 5.74) is 5.46. The van der Waals surface area contributed by atoms with Gasteiger partial charge in [0.25, 0.3) is 0 Å². The third-order valence-corrected chi connectivity index (χ3v) is 6.78. The molecule has 5 heteroatoms. The average molecular weight is 420 g/mol. The molecule has 1 saturated carbocycles. The number of alkyl halides is 1. The van der Waals surface area contributed by atoms with Crippen LogP contribution >= 0.6 is 0 Å². The Morgan fingerprint density at radius 3 is 2.27 bits per heavy atom. The summed E-state index contributed by atoms with van der Waals surface area (Å²) in [5.74, 6) is -0.110. The number of fused-ring (bicyclic) bond motifs is 1. The summed E-state index contributed by atoms with van der Waals surface area (Å²) in [4.78, 5) is 27.0. The first-order valence-electron chi connectivity index (χ1n) is 11.4. The molecule has 2 aliphatic rings. The van der Waals surface area contributed by atoms with Gasteiger partial charge >= 0.3 is 5.97 Å². The lowest BCUT2D eigenvalue weighted by molar-refractivity contribution is -0.142. The molecule has 1 fully saturated rings. The largest absolute Gasteiger partial charge is 0.466 e. The number of rotatable bonds is 4. The van der Waals surface area contributed by atoms with E-state index in [0.717, 1.165) is 40.7 Å². The molecular weight excluding hydrogens is 381 g/mol. The fourth-order valence-electron chi connectivity index (χ4n) is 4.80. The van der Waals surface area contributed by atoms with E-state index in [9.17, 15) is 14.0 Å². The molecule has 1 aliphatic heterocycles. The summed E-state index contributed by atoms with van der Waals surface area (Å²) in [6, 6.07) is 0.128. The quantitative estimate of drug-likeness (QED) is 0.622. The second-order valence-corrected chi connectivity index (χ2v) is 8.64. The fraction of sp³-hybridized carbons (Fsp3) is 0.680. The van der Waals surface area contributed by atoms with E-state index in [1.165, 1.54) is 5.56 Å². The van der Waals surface area contributed by atoms with Crippen molar-refractivity contribution in [3.05, 3.63) is 33.4 Å². The first-order valence-corrected chi connectivity index (χ1v) is 11.4. The Hall–Kier alpha value is -1.91. The molecule has 0 N–H and O–H groups in total. The molecule has 4 nitrogen and oxygen atoms in total. The van der Waals surface area contributed by atoms with Crippen molar-refractivity contribution in [2.75, 3.05) is 6.61 Å². The zero-order valence-corrected chi connectivity index (χ0v) is 19.8. The minimum atomic E-state index is -1.10. The highest BCUT2D eigenvalue weighted by Crippen LogP contribution is 2.38. The van der Waals surface area contributed by atoms with Crippen LogP contribution < -0.4 is 0 Å². The van der Waals surface area contributed by atoms with E-state index in [1.54, 1.807) is 13.8 Å². The van der Waals surface area contributed by atoms with E-state index >= 15 is 0 Å². The average Bonchev–Trinajstić information content (AvgIpc) is 2.71. The highest BCUT2D eigenvalue weighted by Gasteiger charge is 2.37. The SMILES string of the molecule is CC.CCOC(=O)Cc1c(C)c(C)c2c(c1C)CC(=O)N(C1CCC(C)(F)CC1)C2. The van der Waals surface area contributed by atoms with Crippen LogP contribution in [0, 0.1) is 20.8 Å². The van der Waals surface area contributed by atoms with Gasteiger partial charge in [0, 0.05) is 12.6 Å². The maximum atomic E-state index is 14.2. The molecular formula is C25H38FNO3. The number of nitrogens with zero attached hydrogens (tertiary/aromatic N) is 1. The van der Waals surface area contributed by atoms with Gasteiger partial charge in [-0.25, -0.2) is 4.39 Å². The van der Waals surface area contributed by atoms with Crippen molar-refractivity contribution in [2.24, 2.45) is 0 Å². The third-order valence-electron chi connectivity index (χ3n) is 6.78. The molecule has 0 bridgehead atoms. The lowest BCUT2D eigenvalue weighted by atomic mass is 9.80. The second kappa shape index (κ2) is 9.93. The summed E-state index contributed by atoms with van der Waals surface area (Å²) < 4.78 is 19.3. The smallest absolute Gasteiger partial charge is 0.310 e.